The Hall–Kier alpha value is -3.61. The third-order valence-corrected chi connectivity index (χ3v) is 5.83. The lowest BCUT2D eigenvalue weighted by Crippen LogP contribution is -2.51. The van der Waals surface area contributed by atoms with Gasteiger partial charge < -0.3 is 15.4 Å². The number of rotatable bonds is 7. The minimum absolute atomic E-state index is 0.0131. The highest BCUT2D eigenvalue weighted by Crippen LogP contribution is 2.34. The summed E-state index contributed by atoms with van der Waals surface area (Å²) in [6, 6.07) is 16.6. The van der Waals surface area contributed by atoms with Gasteiger partial charge in [0.2, 0.25) is 5.91 Å². The van der Waals surface area contributed by atoms with E-state index in [1.807, 2.05) is 56.3 Å². The van der Waals surface area contributed by atoms with Crippen molar-refractivity contribution in [2.45, 2.75) is 38.8 Å². The second-order valence-electron chi connectivity index (χ2n) is 8.31. The Morgan fingerprint density at radius 3 is 2.59 bits per heavy atom. The largest absolute Gasteiger partial charge is 0.456 e. The molecule has 2 heterocycles. The fourth-order valence-corrected chi connectivity index (χ4v) is 4.05. The molecule has 0 saturated heterocycles. The summed E-state index contributed by atoms with van der Waals surface area (Å²) in [5, 5.41) is 5.81. The average molecular weight is 434 g/mol. The van der Waals surface area contributed by atoms with E-state index >= 15 is 0 Å². The zero-order valence-corrected chi connectivity index (χ0v) is 18.3. The van der Waals surface area contributed by atoms with Gasteiger partial charge in [0.1, 0.15) is 13.2 Å². The molecule has 0 aromatic heterocycles. The fraction of sp³-hybridized carbons (Fsp3) is 0.320. The maximum Gasteiger partial charge on any atom is 0.338 e. The average Bonchev–Trinajstić information content (AvgIpc) is 3.17. The molecule has 0 radical (unpaired) electrons. The number of carbonyl (C=O) groups excluding carboxylic acids is 3. The monoisotopic (exact) mass is 433 g/mol. The molecular formula is C25H27N3O4. The van der Waals surface area contributed by atoms with Crippen LogP contribution in [-0.2, 0) is 20.7 Å². The number of hydrogen-bond acceptors (Lipinski definition) is 4. The van der Waals surface area contributed by atoms with Crippen molar-refractivity contribution in [1.82, 2.24) is 15.5 Å². The van der Waals surface area contributed by atoms with E-state index < -0.39 is 18.0 Å². The van der Waals surface area contributed by atoms with Gasteiger partial charge in [-0.25, -0.2) is 9.59 Å². The van der Waals surface area contributed by atoms with Crippen LogP contribution in [0.15, 0.2) is 65.9 Å². The van der Waals surface area contributed by atoms with E-state index in [0.29, 0.717) is 11.3 Å². The summed E-state index contributed by atoms with van der Waals surface area (Å²) in [6.45, 7) is 3.73. The SMILES string of the molecule is Cc1ccc(C2NC(=O)N(CC(=O)NC(C)CCc3ccccc3)C3=C2C(=O)OC3)cc1. The quantitative estimate of drug-likeness (QED) is 0.657. The Bertz CT molecular complexity index is 1050. The molecule has 0 fully saturated rings. The van der Waals surface area contributed by atoms with Gasteiger partial charge in [0.25, 0.3) is 0 Å². The van der Waals surface area contributed by atoms with E-state index in [0.717, 1.165) is 24.0 Å². The first kappa shape index (κ1) is 21.6. The van der Waals surface area contributed by atoms with Crippen LogP contribution in [0.25, 0.3) is 0 Å². The van der Waals surface area contributed by atoms with E-state index in [1.165, 1.54) is 10.5 Å². The highest BCUT2D eigenvalue weighted by atomic mass is 16.5. The summed E-state index contributed by atoms with van der Waals surface area (Å²) in [6.07, 6.45) is 1.63. The summed E-state index contributed by atoms with van der Waals surface area (Å²) in [4.78, 5) is 39.3. The third-order valence-electron chi connectivity index (χ3n) is 5.83. The predicted molar refractivity (Wildman–Crippen MR) is 120 cm³/mol. The van der Waals surface area contributed by atoms with E-state index in [9.17, 15) is 14.4 Å². The Morgan fingerprint density at radius 2 is 1.88 bits per heavy atom. The number of urea groups is 1. The van der Waals surface area contributed by atoms with Crippen molar-refractivity contribution >= 4 is 17.9 Å². The Kier molecular flexibility index (Phi) is 6.25. The molecule has 2 aromatic carbocycles. The first-order chi connectivity index (χ1) is 15.4. The Labute approximate surface area is 187 Å². The molecule has 7 heteroatoms. The number of ether oxygens (including phenoxy) is 1. The molecule has 0 saturated carbocycles. The standard InChI is InChI=1S/C25H27N3O4/c1-16-8-12-19(13-9-16)23-22-20(15-32-24(22)30)28(25(31)27-23)14-21(29)26-17(2)10-11-18-6-4-3-5-7-18/h3-9,12-13,17,23H,10-11,14-15H2,1-2H3,(H,26,29)(H,27,31). The molecule has 7 nitrogen and oxygen atoms in total. The summed E-state index contributed by atoms with van der Waals surface area (Å²) in [5.74, 6) is -0.743. The van der Waals surface area contributed by atoms with Crippen LogP contribution in [-0.4, -0.2) is 42.0 Å². The normalized spacial score (nSPS) is 18.7. The lowest BCUT2D eigenvalue weighted by Gasteiger charge is -2.32. The van der Waals surface area contributed by atoms with Crippen molar-refractivity contribution in [3.05, 3.63) is 82.6 Å². The lowest BCUT2D eigenvalue weighted by atomic mass is 9.95. The van der Waals surface area contributed by atoms with Crippen LogP contribution in [0.3, 0.4) is 0 Å². The molecule has 2 atom stereocenters. The first-order valence-corrected chi connectivity index (χ1v) is 10.8. The Balaban J connectivity index is 1.43. The second kappa shape index (κ2) is 9.26. The number of cyclic esters (lactones) is 1. The molecule has 0 aliphatic carbocycles. The molecule has 2 aliphatic rings. The molecular weight excluding hydrogens is 406 g/mol. The molecule has 2 aliphatic heterocycles. The van der Waals surface area contributed by atoms with Gasteiger partial charge in [0.05, 0.1) is 17.3 Å². The summed E-state index contributed by atoms with van der Waals surface area (Å²) in [5.41, 5.74) is 3.94. The van der Waals surface area contributed by atoms with Gasteiger partial charge >= 0.3 is 12.0 Å². The van der Waals surface area contributed by atoms with E-state index in [-0.39, 0.29) is 25.1 Å². The molecule has 0 bridgehead atoms. The number of benzene rings is 2. The molecule has 32 heavy (non-hydrogen) atoms. The van der Waals surface area contributed by atoms with Crippen LogP contribution in [0.4, 0.5) is 4.79 Å². The summed E-state index contributed by atoms with van der Waals surface area (Å²) in [7, 11) is 0. The van der Waals surface area contributed by atoms with Crippen molar-refractivity contribution in [3.63, 3.8) is 0 Å². The molecule has 3 amide bonds. The summed E-state index contributed by atoms with van der Waals surface area (Å²) >= 11 is 0. The van der Waals surface area contributed by atoms with Gasteiger partial charge in [-0.3, -0.25) is 9.69 Å². The number of esters is 1. The predicted octanol–water partition coefficient (Wildman–Crippen LogP) is 3.01. The molecule has 2 N–H and O–H groups in total. The first-order valence-electron chi connectivity index (χ1n) is 10.8. The molecule has 2 aromatic rings. The minimum atomic E-state index is -0.586. The Morgan fingerprint density at radius 1 is 1.16 bits per heavy atom. The lowest BCUT2D eigenvalue weighted by molar-refractivity contribution is -0.136. The van der Waals surface area contributed by atoms with E-state index in [4.69, 9.17) is 4.74 Å². The highest BCUT2D eigenvalue weighted by molar-refractivity contribution is 5.98. The maximum atomic E-state index is 12.9. The molecule has 166 valence electrons. The van der Waals surface area contributed by atoms with Crippen LogP contribution in [0.2, 0.25) is 0 Å². The van der Waals surface area contributed by atoms with Crippen LogP contribution in [0.1, 0.15) is 36.1 Å². The number of hydrogen-bond donors (Lipinski definition) is 2. The van der Waals surface area contributed by atoms with Crippen molar-refractivity contribution in [2.24, 2.45) is 0 Å². The van der Waals surface area contributed by atoms with Gasteiger partial charge in [-0.05, 0) is 37.8 Å². The third kappa shape index (κ3) is 4.66. The number of nitrogens with one attached hydrogen (secondary N) is 2. The van der Waals surface area contributed by atoms with Crippen molar-refractivity contribution in [3.8, 4) is 0 Å². The number of nitrogens with zero attached hydrogens (tertiary/aromatic N) is 1. The van der Waals surface area contributed by atoms with Crippen molar-refractivity contribution in [2.75, 3.05) is 13.2 Å². The molecule has 4 rings (SSSR count). The fourth-order valence-electron chi connectivity index (χ4n) is 4.05. The topological polar surface area (TPSA) is 87.7 Å². The molecule has 0 spiro atoms. The number of amides is 3. The van der Waals surface area contributed by atoms with Crippen LogP contribution < -0.4 is 10.6 Å². The van der Waals surface area contributed by atoms with Gasteiger partial charge in [-0.15, -0.1) is 0 Å². The number of aryl methyl sites for hydroxylation is 2. The maximum absolute atomic E-state index is 12.9. The summed E-state index contributed by atoms with van der Waals surface area (Å²) < 4.78 is 5.23. The van der Waals surface area contributed by atoms with Gasteiger partial charge in [-0.1, -0.05) is 60.2 Å². The number of carbonyl (C=O) groups is 3. The van der Waals surface area contributed by atoms with Gasteiger partial charge in [0, 0.05) is 6.04 Å². The van der Waals surface area contributed by atoms with E-state index in [2.05, 4.69) is 22.8 Å². The van der Waals surface area contributed by atoms with Crippen molar-refractivity contribution in [1.29, 1.82) is 0 Å². The van der Waals surface area contributed by atoms with E-state index in [1.54, 1.807) is 0 Å². The van der Waals surface area contributed by atoms with Crippen molar-refractivity contribution < 1.29 is 19.1 Å². The second-order valence-corrected chi connectivity index (χ2v) is 8.31. The highest BCUT2D eigenvalue weighted by Gasteiger charge is 2.42. The van der Waals surface area contributed by atoms with Gasteiger partial charge in [0.15, 0.2) is 0 Å². The zero-order chi connectivity index (χ0) is 22.7. The van der Waals surface area contributed by atoms with Crippen LogP contribution in [0, 0.1) is 6.92 Å². The minimum Gasteiger partial charge on any atom is -0.456 e. The smallest absolute Gasteiger partial charge is 0.338 e. The zero-order valence-electron chi connectivity index (χ0n) is 18.3. The van der Waals surface area contributed by atoms with Crippen LogP contribution in [0.5, 0.6) is 0 Å². The molecule has 2 unspecified atom stereocenters. The van der Waals surface area contributed by atoms with Crippen LogP contribution >= 0.6 is 0 Å². The van der Waals surface area contributed by atoms with Gasteiger partial charge in [-0.2, -0.15) is 0 Å².